The molecule has 1 amide bonds. The van der Waals surface area contributed by atoms with Gasteiger partial charge in [0.15, 0.2) is 5.16 Å². The number of benzene rings is 1. The van der Waals surface area contributed by atoms with Gasteiger partial charge >= 0.3 is 0 Å². The van der Waals surface area contributed by atoms with Crippen LogP contribution in [0.2, 0.25) is 0 Å². The number of nitrogens with zero attached hydrogens (tertiary/aromatic N) is 4. The summed E-state index contributed by atoms with van der Waals surface area (Å²) < 4.78 is 3.42. The van der Waals surface area contributed by atoms with Crippen LogP contribution in [0.5, 0.6) is 0 Å². The second-order valence-corrected chi connectivity index (χ2v) is 9.77. The molecule has 2 heterocycles. The van der Waals surface area contributed by atoms with Gasteiger partial charge in [0, 0.05) is 12.6 Å². The van der Waals surface area contributed by atoms with Crippen molar-refractivity contribution in [3.63, 3.8) is 0 Å². The molecule has 0 aliphatic heterocycles. The number of rotatable bonds is 7. The molecule has 2 fully saturated rings. The van der Waals surface area contributed by atoms with Crippen molar-refractivity contribution in [2.75, 3.05) is 5.75 Å². The molecule has 2 bridgehead atoms. The van der Waals surface area contributed by atoms with Gasteiger partial charge < -0.3 is 5.32 Å². The van der Waals surface area contributed by atoms with Gasteiger partial charge in [0.2, 0.25) is 11.7 Å². The van der Waals surface area contributed by atoms with E-state index in [2.05, 4.69) is 29.0 Å². The molecule has 7 nitrogen and oxygen atoms in total. The van der Waals surface area contributed by atoms with Crippen molar-refractivity contribution < 1.29 is 4.79 Å². The fourth-order valence-electron chi connectivity index (χ4n) is 5.56. The summed E-state index contributed by atoms with van der Waals surface area (Å²) in [6.45, 7) is 6.23. The average molecular weight is 438 g/mol. The number of aromatic nitrogens is 4. The molecule has 5 rings (SSSR count). The van der Waals surface area contributed by atoms with Crippen LogP contribution in [0.25, 0.3) is 16.7 Å². The third kappa shape index (κ3) is 3.56. The van der Waals surface area contributed by atoms with Gasteiger partial charge in [0.1, 0.15) is 0 Å². The third-order valence-electron chi connectivity index (χ3n) is 6.95. The first-order chi connectivity index (χ1) is 15.1. The van der Waals surface area contributed by atoms with Crippen LogP contribution in [0.15, 0.2) is 46.9 Å². The molecule has 8 heteroatoms. The number of hydrogen-bond acceptors (Lipinski definition) is 5. The number of carbonyl (C=O) groups excluding carboxylic acids is 1. The molecule has 2 aliphatic rings. The van der Waals surface area contributed by atoms with Gasteiger partial charge in [-0.25, -0.2) is 0 Å². The molecule has 2 saturated carbocycles. The number of fused-ring (bicyclic) bond motifs is 5. The highest BCUT2D eigenvalue weighted by Crippen LogP contribution is 2.49. The molecular weight excluding hydrogens is 410 g/mol. The van der Waals surface area contributed by atoms with E-state index in [-0.39, 0.29) is 23.3 Å². The second kappa shape index (κ2) is 8.15. The maximum absolute atomic E-state index is 12.9. The Balaban J connectivity index is 1.36. The maximum atomic E-state index is 12.9. The van der Waals surface area contributed by atoms with E-state index in [0.29, 0.717) is 28.8 Å². The molecule has 0 radical (unpaired) electrons. The number of nitrogens with one attached hydrogen (secondary N) is 1. The zero-order valence-corrected chi connectivity index (χ0v) is 18.5. The highest BCUT2D eigenvalue weighted by Gasteiger charge is 2.42. The van der Waals surface area contributed by atoms with Crippen molar-refractivity contribution in [1.29, 1.82) is 0 Å². The van der Waals surface area contributed by atoms with E-state index >= 15 is 0 Å². The van der Waals surface area contributed by atoms with Crippen LogP contribution < -0.4 is 10.9 Å². The van der Waals surface area contributed by atoms with E-state index in [1.54, 1.807) is 16.7 Å². The molecule has 4 atom stereocenters. The largest absolute Gasteiger partial charge is 0.353 e. The standard InChI is InChI=1S/C23H27N5O2S/c1-3-10-27-21(30)17-6-4-5-7-19(17)28-22(27)25-26-23(28)31-13-20(29)24-14(2)18-12-15-8-9-16(18)11-15/h3-7,14-16,18H,1,8-13H2,2H3,(H,24,29). The fourth-order valence-corrected chi connectivity index (χ4v) is 6.31. The van der Waals surface area contributed by atoms with Crippen molar-refractivity contribution in [1.82, 2.24) is 24.5 Å². The first kappa shape index (κ1) is 20.3. The topological polar surface area (TPSA) is 81.3 Å². The summed E-state index contributed by atoms with van der Waals surface area (Å²) in [6, 6.07) is 7.62. The smallest absolute Gasteiger partial charge is 0.263 e. The molecule has 1 aromatic carbocycles. The Labute approximate surface area is 184 Å². The van der Waals surface area contributed by atoms with Crippen LogP contribution in [0.4, 0.5) is 0 Å². The summed E-state index contributed by atoms with van der Waals surface area (Å²) in [6.07, 6.45) is 6.94. The SMILES string of the molecule is C=CCn1c(=O)c2ccccc2n2c(SCC(=O)NC(C)C3CC4CCC3C4)nnc12. The fraction of sp³-hybridized carbons (Fsp3) is 0.478. The number of carbonyl (C=O) groups is 1. The minimum absolute atomic E-state index is 0.0146. The molecular formula is C23H27N5O2S. The molecule has 0 spiro atoms. The summed E-state index contributed by atoms with van der Waals surface area (Å²) in [5.74, 6) is 3.00. The van der Waals surface area contributed by atoms with E-state index in [9.17, 15) is 9.59 Å². The van der Waals surface area contributed by atoms with Crippen molar-refractivity contribution in [3.8, 4) is 0 Å². The van der Waals surface area contributed by atoms with Crippen molar-refractivity contribution in [2.24, 2.45) is 17.8 Å². The predicted molar refractivity (Wildman–Crippen MR) is 122 cm³/mol. The van der Waals surface area contributed by atoms with Gasteiger partial charge in [-0.05, 0) is 56.1 Å². The molecule has 3 aromatic rings. The first-order valence-electron chi connectivity index (χ1n) is 11.0. The molecule has 1 N–H and O–H groups in total. The molecule has 31 heavy (non-hydrogen) atoms. The number of para-hydroxylation sites is 1. The molecule has 162 valence electrons. The monoisotopic (exact) mass is 437 g/mol. The Hall–Kier alpha value is -2.61. The minimum atomic E-state index is -0.121. The number of allylic oxidation sites excluding steroid dienone is 1. The van der Waals surface area contributed by atoms with E-state index < -0.39 is 0 Å². The van der Waals surface area contributed by atoms with Gasteiger partial charge in [0.25, 0.3) is 5.56 Å². The lowest BCUT2D eigenvalue weighted by molar-refractivity contribution is -0.119. The van der Waals surface area contributed by atoms with Gasteiger partial charge in [-0.3, -0.25) is 18.6 Å². The third-order valence-corrected chi connectivity index (χ3v) is 7.87. The number of amides is 1. The maximum Gasteiger partial charge on any atom is 0.263 e. The van der Waals surface area contributed by atoms with Crippen LogP contribution in [0.3, 0.4) is 0 Å². The molecule has 0 saturated heterocycles. The van der Waals surface area contributed by atoms with Crippen molar-refractivity contribution in [2.45, 2.75) is 50.4 Å². The van der Waals surface area contributed by atoms with Crippen LogP contribution in [0, 0.1) is 17.8 Å². The molecule has 2 aromatic heterocycles. The lowest BCUT2D eigenvalue weighted by Gasteiger charge is -2.28. The highest BCUT2D eigenvalue weighted by atomic mass is 32.2. The van der Waals surface area contributed by atoms with Crippen LogP contribution in [0.1, 0.15) is 32.6 Å². The van der Waals surface area contributed by atoms with E-state index in [1.807, 2.05) is 22.6 Å². The lowest BCUT2D eigenvalue weighted by Crippen LogP contribution is -2.40. The zero-order chi connectivity index (χ0) is 21.5. The summed E-state index contributed by atoms with van der Waals surface area (Å²) in [5, 5.41) is 12.9. The Kier molecular flexibility index (Phi) is 5.33. The lowest BCUT2D eigenvalue weighted by atomic mass is 9.84. The average Bonchev–Trinajstić information content (AvgIpc) is 3.51. The zero-order valence-electron chi connectivity index (χ0n) is 17.7. The Morgan fingerprint density at radius 2 is 2.16 bits per heavy atom. The van der Waals surface area contributed by atoms with Crippen LogP contribution in [-0.2, 0) is 11.3 Å². The van der Waals surface area contributed by atoms with Crippen LogP contribution >= 0.6 is 11.8 Å². The highest BCUT2D eigenvalue weighted by molar-refractivity contribution is 7.99. The number of thioether (sulfide) groups is 1. The van der Waals surface area contributed by atoms with Gasteiger partial charge in [0.05, 0.1) is 16.7 Å². The second-order valence-electron chi connectivity index (χ2n) is 8.82. The predicted octanol–water partition coefficient (Wildman–Crippen LogP) is 3.26. The van der Waals surface area contributed by atoms with Gasteiger partial charge in [-0.1, -0.05) is 36.4 Å². The van der Waals surface area contributed by atoms with Crippen LogP contribution in [-0.4, -0.2) is 36.9 Å². The number of hydrogen-bond donors (Lipinski definition) is 1. The normalized spacial score (nSPS) is 23.5. The van der Waals surface area contributed by atoms with Crippen molar-refractivity contribution >= 4 is 34.3 Å². The molecule has 2 aliphatic carbocycles. The minimum Gasteiger partial charge on any atom is -0.353 e. The quantitative estimate of drug-likeness (QED) is 0.453. The summed E-state index contributed by atoms with van der Waals surface area (Å²) >= 11 is 1.35. The summed E-state index contributed by atoms with van der Waals surface area (Å²) in [4.78, 5) is 25.5. The van der Waals surface area contributed by atoms with E-state index in [4.69, 9.17) is 0 Å². The molecule has 4 unspecified atom stereocenters. The van der Waals surface area contributed by atoms with Gasteiger partial charge in [-0.15, -0.1) is 16.8 Å². The Morgan fingerprint density at radius 1 is 1.32 bits per heavy atom. The van der Waals surface area contributed by atoms with E-state index in [1.165, 1.54) is 37.4 Å². The Morgan fingerprint density at radius 3 is 2.90 bits per heavy atom. The van der Waals surface area contributed by atoms with Crippen molar-refractivity contribution in [3.05, 3.63) is 47.3 Å². The summed E-state index contributed by atoms with van der Waals surface area (Å²) in [7, 11) is 0. The van der Waals surface area contributed by atoms with E-state index in [0.717, 1.165) is 17.4 Å². The Bertz CT molecular complexity index is 1220. The first-order valence-corrected chi connectivity index (χ1v) is 11.9. The summed E-state index contributed by atoms with van der Waals surface area (Å²) in [5.41, 5.74) is 0.621. The van der Waals surface area contributed by atoms with Gasteiger partial charge in [-0.2, -0.15) is 0 Å².